The quantitative estimate of drug-likeness (QED) is 0.513. The fraction of sp³-hybridized carbons (Fsp3) is 0.778. The maximum absolute atomic E-state index is 9.91. The number of aliphatic hydroxyl groups excluding tert-OH is 3. The van der Waals surface area contributed by atoms with E-state index < -0.39 is 30.6 Å². The Morgan fingerprint density at radius 1 is 1.41 bits per heavy atom. The minimum absolute atomic E-state index is 0.255. The summed E-state index contributed by atoms with van der Waals surface area (Å²) in [7, 11) is 0. The molecule has 3 heterocycles. The van der Waals surface area contributed by atoms with Crippen molar-refractivity contribution < 1.29 is 24.8 Å². The van der Waals surface area contributed by atoms with Crippen molar-refractivity contribution in [1.29, 1.82) is 0 Å². The molecule has 1 saturated heterocycles. The third-order valence-corrected chi connectivity index (χ3v) is 3.16. The lowest BCUT2D eigenvalue weighted by Gasteiger charge is -2.44. The molecular weight excluding hydrogens is 230 g/mol. The van der Waals surface area contributed by atoms with E-state index in [-0.39, 0.29) is 13.2 Å². The normalized spacial score (nSPS) is 40.8. The van der Waals surface area contributed by atoms with E-state index in [4.69, 9.17) is 14.6 Å². The zero-order valence-electron chi connectivity index (χ0n) is 8.88. The number of fused-ring (bicyclic) bond motifs is 3. The van der Waals surface area contributed by atoms with Crippen LogP contribution in [0.4, 0.5) is 0 Å². The van der Waals surface area contributed by atoms with Crippen molar-refractivity contribution in [3.63, 3.8) is 0 Å². The van der Waals surface area contributed by atoms with Gasteiger partial charge in [0.1, 0.15) is 24.4 Å². The zero-order valence-corrected chi connectivity index (χ0v) is 8.88. The highest BCUT2D eigenvalue weighted by molar-refractivity contribution is 5.01. The van der Waals surface area contributed by atoms with Gasteiger partial charge in [0.15, 0.2) is 6.23 Å². The Kier molecular flexibility index (Phi) is 2.60. The monoisotopic (exact) mass is 243 g/mol. The van der Waals surface area contributed by atoms with Gasteiger partial charge in [-0.05, 0) is 0 Å². The van der Waals surface area contributed by atoms with Crippen molar-refractivity contribution >= 4 is 0 Å². The van der Waals surface area contributed by atoms with Crippen molar-refractivity contribution in [2.24, 2.45) is 0 Å². The van der Waals surface area contributed by atoms with Gasteiger partial charge in [0.05, 0.1) is 25.1 Å². The first kappa shape index (κ1) is 11.1. The van der Waals surface area contributed by atoms with Crippen molar-refractivity contribution in [1.82, 2.24) is 15.0 Å². The van der Waals surface area contributed by atoms with Crippen LogP contribution in [0.3, 0.4) is 0 Å². The molecule has 94 valence electrons. The first-order valence-electron chi connectivity index (χ1n) is 5.35. The van der Waals surface area contributed by atoms with Crippen LogP contribution in [0.1, 0.15) is 11.9 Å². The van der Waals surface area contributed by atoms with Crippen molar-refractivity contribution in [2.45, 2.75) is 37.3 Å². The van der Waals surface area contributed by atoms with Gasteiger partial charge in [0.2, 0.25) is 0 Å². The van der Waals surface area contributed by atoms with E-state index in [0.717, 1.165) is 5.69 Å². The first-order chi connectivity index (χ1) is 8.22. The van der Waals surface area contributed by atoms with Crippen molar-refractivity contribution in [3.8, 4) is 0 Å². The van der Waals surface area contributed by atoms with Gasteiger partial charge in [0.25, 0.3) is 0 Å². The van der Waals surface area contributed by atoms with Crippen LogP contribution in [0, 0.1) is 0 Å². The zero-order chi connectivity index (χ0) is 12.0. The number of nitrogens with zero attached hydrogens (tertiary/aromatic N) is 3. The molecule has 3 N–H and O–H groups in total. The van der Waals surface area contributed by atoms with Crippen LogP contribution >= 0.6 is 0 Å². The summed E-state index contributed by atoms with van der Waals surface area (Å²) in [5.74, 6) is 0. The Hall–Kier alpha value is -1.06. The van der Waals surface area contributed by atoms with Crippen LogP contribution in [0.2, 0.25) is 0 Å². The summed E-state index contributed by atoms with van der Waals surface area (Å²) in [6.07, 6.45) is -2.98. The summed E-state index contributed by atoms with van der Waals surface area (Å²) in [5, 5.41) is 36.3. The summed E-state index contributed by atoms with van der Waals surface area (Å²) >= 11 is 0. The van der Waals surface area contributed by atoms with Gasteiger partial charge in [-0.1, -0.05) is 5.21 Å². The molecule has 2 aliphatic heterocycles. The van der Waals surface area contributed by atoms with Crippen molar-refractivity contribution in [3.05, 3.63) is 11.9 Å². The molecule has 0 aliphatic carbocycles. The van der Waals surface area contributed by atoms with Crippen LogP contribution in [-0.2, 0) is 16.1 Å². The van der Waals surface area contributed by atoms with E-state index in [9.17, 15) is 10.2 Å². The molecule has 1 aromatic rings. The Balaban J connectivity index is 1.93. The highest BCUT2D eigenvalue weighted by Gasteiger charge is 2.48. The molecular formula is C9H13N3O5. The first-order valence-corrected chi connectivity index (χ1v) is 5.35. The largest absolute Gasteiger partial charge is 0.394 e. The van der Waals surface area contributed by atoms with Gasteiger partial charge in [-0.2, -0.15) is 0 Å². The Labute approximate surface area is 96.4 Å². The molecule has 0 radical (unpaired) electrons. The highest BCUT2D eigenvalue weighted by Crippen LogP contribution is 2.34. The van der Waals surface area contributed by atoms with Crippen LogP contribution in [-0.4, -0.2) is 61.3 Å². The number of rotatable bonds is 1. The maximum atomic E-state index is 9.91. The van der Waals surface area contributed by atoms with E-state index >= 15 is 0 Å². The lowest BCUT2D eigenvalue weighted by atomic mass is 9.97. The standard InChI is InChI=1S/C9H13N3O5/c13-2-5-6(14)7(15)8-9(17-5)12-4(3-16-8)1-10-11-12/h1,5-9,13-15H,2-3H2/t5-,6+,7+,8-,9-/m0/s1. The summed E-state index contributed by atoms with van der Waals surface area (Å²) < 4.78 is 12.4. The van der Waals surface area contributed by atoms with Crippen LogP contribution in [0.15, 0.2) is 6.20 Å². The molecule has 3 rings (SSSR count). The predicted octanol–water partition coefficient (Wildman–Crippen LogP) is -2.21. The summed E-state index contributed by atoms with van der Waals surface area (Å²) in [6.45, 7) is -0.128. The Morgan fingerprint density at radius 3 is 3.00 bits per heavy atom. The summed E-state index contributed by atoms with van der Waals surface area (Å²) in [6, 6.07) is 0. The lowest BCUT2D eigenvalue weighted by molar-refractivity contribution is -0.278. The molecule has 0 spiro atoms. The molecule has 0 unspecified atom stereocenters. The van der Waals surface area contributed by atoms with Gasteiger partial charge in [-0.25, -0.2) is 4.68 Å². The number of ether oxygens (including phenoxy) is 2. The average molecular weight is 243 g/mol. The van der Waals surface area contributed by atoms with E-state index in [1.165, 1.54) is 4.68 Å². The second-order valence-corrected chi connectivity index (χ2v) is 4.17. The van der Waals surface area contributed by atoms with Gasteiger partial charge in [-0.3, -0.25) is 0 Å². The van der Waals surface area contributed by atoms with E-state index in [1.807, 2.05) is 0 Å². The molecule has 0 amide bonds. The molecule has 1 aromatic heterocycles. The molecule has 5 atom stereocenters. The summed E-state index contributed by atoms with van der Waals surface area (Å²) in [4.78, 5) is 0. The molecule has 0 bridgehead atoms. The minimum Gasteiger partial charge on any atom is -0.394 e. The molecule has 17 heavy (non-hydrogen) atoms. The van der Waals surface area contributed by atoms with Gasteiger partial charge in [0, 0.05) is 0 Å². The molecule has 0 aromatic carbocycles. The van der Waals surface area contributed by atoms with Crippen LogP contribution in [0.25, 0.3) is 0 Å². The summed E-state index contributed by atoms with van der Waals surface area (Å²) in [5.41, 5.74) is 0.728. The number of aliphatic hydroxyl groups is 3. The predicted molar refractivity (Wildman–Crippen MR) is 51.6 cm³/mol. The van der Waals surface area contributed by atoms with Gasteiger partial charge in [-0.15, -0.1) is 5.10 Å². The fourth-order valence-corrected chi connectivity index (χ4v) is 2.21. The number of aromatic nitrogens is 3. The molecule has 8 nitrogen and oxygen atoms in total. The number of hydrogen-bond acceptors (Lipinski definition) is 7. The second-order valence-electron chi connectivity index (χ2n) is 4.17. The fourth-order valence-electron chi connectivity index (χ4n) is 2.21. The Bertz CT molecular complexity index is 411. The van der Waals surface area contributed by atoms with E-state index in [2.05, 4.69) is 10.3 Å². The Morgan fingerprint density at radius 2 is 2.24 bits per heavy atom. The van der Waals surface area contributed by atoms with Gasteiger partial charge < -0.3 is 24.8 Å². The van der Waals surface area contributed by atoms with Gasteiger partial charge >= 0.3 is 0 Å². The maximum Gasteiger partial charge on any atom is 0.181 e. The van der Waals surface area contributed by atoms with E-state index in [0.29, 0.717) is 0 Å². The van der Waals surface area contributed by atoms with Crippen LogP contribution in [0.5, 0.6) is 0 Å². The molecule has 8 heteroatoms. The van der Waals surface area contributed by atoms with E-state index in [1.54, 1.807) is 6.20 Å². The molecule has 1 fully saturated rings. The third-order valence-electron chi connectivity index (χ3n) is 3.16. The average Bonchev–Trinajstić information content (AvgIpc) is 2.81. The topological polar surface area (TPSA) is 110 Å². The van der Waals surface area contributed by atoms with Crippen molar-refractivity contribution in [2.75, 3.05) is 6.61 Å². The third kappa shape index (κ3) is 1.57. The van der Waals surface area contributed by atoms with Crippen LogP contribution < -0.4 is 0 Å². The smallest absolute Gasteiger partial charge is 0.181 e. The molecule has 0 saturated carbocycles. The SMILES string of the molecule is OC[C@@H]1O[C@H]2[C@@H](OCc3cnnn32)[C@H](O)[C@@H]1O. The number of hydrogen-bond donors (Lipinski definition) is 3. The highest BCUT2D eigenvalue weighted by atomic mass is 16.6. The second kappa shape index (κ2) is 4.00. The molecule has 2 aliphatic rings. The minimum atomic E-state index is -1.17. The lowest BCUT2D eigenvalue weighted by Crippen LogP contribution is -2.58.